The first-order chi connectivity index (χ1) is 8.94. The smallest absolute Gasteiger partial charge is 0.226 e. The topological polar surface area (TPSA) is 57.8 Å². The molecule has 0 atom stereocenters. The fraction of sp³-hybridized carbons (Fsp3) is 0.733. The third-order valence-electron chi connectivity index (χ3n) is 4.15. The molecule has 0 radical (unpaired) electrons. The fourth-order valence-electron chi connectivity index (χ4n) is 2.71. The van der Waals surface area contributed by atoms with Crippen LogP contribution in [0.25, 0.3) is 0 Å². The Morgan fingerprint density at radius 2 is 2.16 bits per heavy atom. The first kappa shape index (κ1) is 14.1. The molecule has 1 heterocycles. The van der Waals surface area contributed by atoms with E-state index in [2.05, 4.69) is 29.4 Å². The van der Waals surface area contributed by atoms with Crippen molar-refractivity contribution in [3.63, 3.8) is 0 Å². The lowest BCUT2D eigenvalue weighted by molar-refractivity contribution is -0.120. The number of nitrogens with one attached hydrogen (secondary N) is 2. The van der Waals surface area contributed by atoms with Crippen LogP contribution in [0, 0.1) is 18.3 Å². The quantitative estimate of drug-likeness (QED) is 0.877. The summed E-state index contributed by atoms with van der Waals surface area (Å²) in [4.78, 5) is 11.8. The number of carbonyl (C=O) groups excluding carboxylic acids is 1. The van der Waals surface area contributed by atoms with Crippen LogP contribution in [0.15, 0.2) is 6.07 Å². The van der Waals surface area contributed by atoms with E-state index in [4.69, 9.17) is 0 Å². The highest BCUT2D eigenvalue weighted by atomic mass is 16.1. The summed E-state index contributed by atoms with van der Waals surface area (Å²) in [6.45, 7) is 7.43. The molecule has 1 fully saturated rings. The van der Waals surface area contributed by atoms with Crippen molar-refractivity contribution >= 4 is 5.91 Å². The number of aromatic nitrogens is 2. The van der Waals surface area contributed by atoms with Gasteiger partial charge in [-0.3, -0.25) is 9.89 Å². The van der Waals surface area contributed by atoms with Gasteiger partial charge in [0.05, 0.1) is 12.1 Å². The molecule has 1 saturated carbocycles. The zero-order valence-corrected chi connectivity index (χ0v) is 12.3. The summed E-state index contributed by atoms with van der Waals surface area (Å²) in [7, 11) is 0. The third-order valence-corrected chi connectivity index (χ3v) is 4.15. The van der Waals surface area contributed by atoms with Gasteiger partial charge in [0.2, 0.25) is 5.91 Å². The number of H-pyrrole nitrogens is 1. The molecule has 0 saturated heterocycles. The van der Waals surface area contributed by atoms with Gasteiger partial charge in [0.25, 0.3) is 0 Å². The standard InChI is InChI=1S/C15H25N3O/c1-11-8-13(18-17-11)9-14(19)16-10-12-4-6-15(2,3)7-5-12/h8,12H,4-7,9-10H2,1-3H3,(H,16,19)(H,17,18). The minimum atomic E-state index is 0.0799. The van der Waals surface area contributed by atoms with Crippen molar-refractivity contribution in [3.05, 3.63) is 17.5 Å². The SMILES string of the molecule is Cc1cc(CC(=O)NCC2CCC(C)(C)CC2)n[nH]1. The maximum atomic E-state index is 11.8. The summed E-state index contributed by atoms with van der Waals surface area (Å²) in [5, 5.41) is 9.99. The van der Waals surface area contributed by atoms with Gasteiger partial charge in [-0.05, 0) is 50.0 Å². The first-order valence-electron chi connectivity index (χ1n) is 7.22. The summed E-state index contributed by atoms with van der Waals surface area (Å²) < 4.78 is 0. The van der Waals surface area contributed by atoms with Gasteiger partial charge in [0.1, 0.15) is 0 Å². The van der Waals surface area contributed by atoms with Gasteiger partial charge in [-0.1, -0.05) is 13.8 Å². The minimum Gasteiger partial charge on any atom is -0.355 e. The van der Waals surface area contributed by atoms with Gasteiger partial charge in [-0.2, -0.15) is 5.10 Å². The van der Waals surface area contributed by atoms with E-state index < -0.39 is 0 Å². The lowest BCUT2D eigenvalue weighted by atomic mass is 9.73. The maximum Gasteiger partial charge on any atom is 0.226 e. The average molecular weight is 263 g/mol. The van der Waals surface area contributed by atoms with Crippen LogP contribution in [0.2, 0.25) is 0 Å². The van der Waals surface area contributed by atoms with Crippen molar-refractivity contribution in [3.8, 4) is 0 Å². The number of hydrogen-bond acceptors (Lipinski definition) is 2. The highest BCUT2D eigenvalue weighted by Gasteiger charge is 2.26. The minimum absolute atomic E-state index is 0.0799. The molecule has 1 aromatic rings. The van der Waals surface area contributed by atoms with Crippen LogP contribution >= 0.6 is 0 Å². The molecular formula is C15H25N3O. The van der Waals surface area contributed by atoms with Crippen LogP contribution in [0.1, 0.15) is 50.9 Å². The summed E-state index contributed by atoms with van der Waals surface area (Å²) in [6, 6.07) is 1.92. The van der Waals surface area contributed by atoms with Crippen molar-refractivity contribution in [2.75, 3.05) is 6.54 Å². The van der Waals surface area contributed by atoms with E-state index in [1.54, 1.807) is 0 Å². The number of nitrogens with zero attached hydrogens (tertiary/aromatic N) is 1. The van der Waals surface area contributed by atoms with E-state index in [1.165, 1.54) is 25.7 Å². The second-order valence-electron chi connectivity index (χ2n) is 6.63. The maximum absolute atomic E-state index is 11.8. The van der Waals surface area contributed by atoms with Gasteiger partial charge in [0.15, 0.2) is 0 Å². The van der Waals surface area contributed by atoms with E-state index >= 15 is 0 Å². The molecule has 1 aromatic heterocycles. The Morgan fingerprint density at radius 1 is 1.47 bits per heavy atom. The molecule has 0 unspecified atom stereocenters. The summed E-state index contributed by atoms with van der Waals surface area (Å²) in [6.07, 6.45) is 5.38. The largest absolute Gasteiger partial charge is 0.355 e. The monoisotopic (exact) mass is 263 g/mol. The molecule has 106 valence electrons. The van der Waals surface area contributed by atoms with Crippen LogP contribution in [0.5, 0.6) is 0 Å². The predicted molar refractivity (Wildman–Crippen MR) is 75.8 cm³/mol. The van der Waals surface area contributed by atoms with E-state index in [0.29, 0.717) is 17.8 Å². The number of rotatable bonds is 4. The van der Waals surface area contributed by atoms with E-state index in [9.17, 15) is 4.79 Å². The second kappa shape index (κ2) is 5.76. The van der Waals surface area contributed by atoms with Gasteiger partial charge in [-0.25, -0.2) is 0 Å². The lowest BCUT2D eigenvalue weighted by Gasteiger charge is -2.34. The molecule has 1 amide bonds. The molecule has 1 aliphatic carbocycles. The number of hydrogen-bond donors (Lipinski definition) is 2. The van der Waals surface area contributed by atoms with Crippen molar-refractivity contribution in [1.82, 2.24) is 15.5 Å². The molecule has 1 aliphatic rings. The molecule has 19 heavy (non-hydrogen) atoms. The Morgan fingerprint density at radius 3 is 2.74 bits per heavy atom. The molecule has 0 aromatic carbocycles. The van der Waals surface area contributed by atoms with E-state index in [1.807, 2.05) is 13.0 Å². The lowest BCUT2D eigenvalue weighted by Crippen LogP contribution is -2.33. The molecule has 4 nitrogen and oxygen atoms in total. The Kier molecular flexibility index (Phi) is 4.27. The van der Waals surface area contributed by atoms with Crippen molar-refractivity contribution in [2.24, 2.45) is 11.3 Å². The highest BCUT2D eigenvalue weighted by Crippen LogP contribution is 2.37. The fourth-order valence-corrected chi connectivity index (χ4v) is 2.71. The first-order valence-corrected chi connectivity index (χ1v) is 7.22. The Hall–Kier alpha value is -1.32. The summed E-state index contributed by atoms with van der Waals surface area (Å²) >= 11 is 0. The van der Waals surface area contributed by atoms with Crippen molar-refractivity contribution in [2.45, 2.75) is 52.9 Å². The molecule has 4 heteroatoms. The highest BCUT2D eigenvalue weighted by molar-refractivity contribution is 5.78. The van der Waals surface area contributed by atoms with E-state index in [-0.39, 0.29) is 5.91 Å². The Bertz CT molecular complexity index is 426. The van der Waals surface area contributed by atoms with E-state index in [0.717, 1.165) is 17.9 Å². The zero-order valence-electron chi connectivity index (χ0n) is 12.3. The normalized spacial score (nSPS) is 19.3. The predicted octanol–water partition coefficient (Wildman–Crippen LogP) is 2.59. The average Bonchev–Trinajstić information content (AvgIpc) is 2.73. The molecule has 0 aliphatic heterocycles. The van der Waals surface area contributed by atoms with Gasteiger partial charge >= 0.3 is 0 Å². The number of aromatic amines is 1. The van der Waals surface area contributed by atoms with Crippen LogP contribution in [0.4, 0.5) is 0 Å². The van der Waals surface area contributed by atoms with Crippen LogP contribution in [-0.2, 0) is 11.2 Å². The molecule has 0 bridgehead atoms. The van der Waals surface area contributed by atoms with Crippen LogP contribution < -0.4 is 5.32 Å². The second-order valence-corrected chi connectivity index (χ2v) is 6.63. The van der Waals surface area contributed by atoms with Crippen molar-refractivity contribution < 1.29 is 4.79 Å². The summed E-state index contributed by atoms with van der Waals surface area (Å²) in [5.74, 6) is 0.731. The molecular weight excluding hydrogens is 238 g/mol. The number of carbonyl (C=O) groups is 1. The third kappa shape index (κ3) is 4.37. The molecule has 2 N–H and O–H groups in total. The molecule has 2 rings (SSSR count). The summed E-state index contributed by atoms with van der Waals surface area (Å²) in [5.41, 5.74) is 2.31. The number of aryl methyl sites for hydroxylation is 1. The van der Waals surface area contributed by atoms with Gasteiger partial charge in [-0.15, -0.1) is 0 Å². The van der Waals surface area contributed by atoms with Gasteiger partial charge in [0, 0.05) is 12.2 Å². The Balaban J connectivity index is 1.69. The van der Waals surface area contributed by atoms with Crippen LogP contribution in [0.3, 0.4) is 0 Å². The molecule has 0 spiro atoms. The van der Waals surface area contributed by atoms with Gasteiger partial charge < -0.3 is 5.32 Å². The zero-order chi connectivity index (χ0) is 13.9. The number of amides is 1. The van der Waals surface area contributed by atoms with Crippen molar-refractivity contribution in [1.29, 1.82) is 0 Å². The van der Waals surface area contributed by atoms with Crippen LogP contribution in [-0.4, -0.2) is 22.6 Å². The Labute approximate surface area is 115 Å².